The van der Waals surface area contributed by atoms with Gasteiger partial charge < -0.3 is 10.6 Å². The molecule has 3 saturated carbocycles. The van der Waals surface area contributed by atoms with Crippen molar-refractivity contribution in [1.29, 1.82) is 0 Å². The molecule has 5 rings (SSSR count). The highest BCUT2D eigenvalue weighted by Gasteiger charge is 2.53. The summed E-state index contributed by atoms with van der Waals surface area (Å²) in [6.45, 7) is 10.5. The molecule has 2 N–H and O–H groups in total. The Labute approximate surface area is 158 Å². The number of nitrogens with one attached hydrogen (secondary N) is 2. The SMILES string of the molecule is CC(NCCNC[C@@H]1CC[C@H]2C[C@@H]1C2(C)C)c1cccc2ccccc12. The van der Waals surface area contributed by atoms with Gasteiger partial charge in [-0.3, -0.25) is 0 Å². The van der Waals surface area contributed by atoms with Gasteiger partial charge >= 0.3 is 0 Å². The lowest BCUT2D eigenvalue weighted by Gasteiger charge is -2.60. The molecule has 0 radical (unpaired) electrons. The number of benzene rings is 2. The highest BCUT2D eigenvalue weighted by atomic mass is 15.0. The Kier molecular flexibility index (Phi) is 5.07. The first-order valence-electron chi connectivity index (χ1n) is 10.5. The van der Waals surface area contributed by atoms with Crippen molar-refractivity contribution >= 4 is 10.8 Å². The zero-order valence-electron chi connectivity index (χ0n) is 16.6. The van der Waals surface area contributed by atoms with Crippen molar-refractivity contribution in [2.24, 2.45) is 23.2 Å². The summed E-state index contributed by atoms with van der Waals surface area (Å²) in [5.41, 5.74) is 2.00. The number of rotatable bonds is 7. The van der Waals surface area contributed by atoms with Crippen LogP contribution in [0, 0.1) is 23.2 Å². The molecular formula is C24H34N2. The molecule has 3 aliphatic rings. The smallest absolute Gasteiger partial charge is 0.0298 e. The van der Waals surface area contributed by atoms with Crippen LogP contribution in [-0.2, 0) is 0 Å². The van der Waals surface area contributed by atoms with Gasteiger partial charge in [0.15, 0.2) is 0 Å². The molecule has 2 bridgehead atoms. The molecule has 0 heterocycles. The third kappa shape index (κ3) is 3.30. The molecule has 2 nitrogen and oxygen atoms in total. The largest absolute Gasteiger partial charge is 0.315 e. The van der Waals surface area contributed by atoms with Gasteiger partial charge in [0, 0.05) is 19.1 Å². The van der Waals surface area contributed by atoms with Crippen LogP contribution >= 0.6 is 0 Å². The van der Waals surface area contributed by atoms with Crippen molar-refractivity contribution in [2.45, 2.75) is 46.1 Å². The minimum Gasteiger partial charge on any atom is -0.315 e. The first-order valence-corrected chi connectivity index (χ1v) is 10.5. The maximum atomic E-state index is 3.73. The van der Waals surface area contributed by atoms with Gasteiger partial charge in [0.1, 0.15) is 0 Å². The normalized spacial score (nSPS) is 27.9. The molecule has 0 saturated heterocycles. The summed E-state index contributed by atoms with van der Waals surface area (Å²) in [5, 5.41) is 10.1. The zero-order valence-corrected chi connectivity index (χ0v) is 16.6. The summed E-state index contributed by atoms with van der Waals surface area (Å²) in [6.07, 6.45) is 4.37. The maximum Gasteiger partial charge on any atom is 0.0298 e. The second-order valence-electron chi connectivity index (χ2n) is 9.15. The van der Waals surface area contributed by atoms with Gasteiger partial charge in [-0.25, -0.2) is 0 Å². The Morgan fingerprint density at radius 1 is 1.04 bits per heavy atom. The van der Waals surface area contributed by atoms with Crippen LogP contribution in [0.3, 0.4) is 0 Å². The van der Waals surface area contributed by atoms with Crippen LogP contribution in [0.1, 0.15) is 51.6 Å². The van der Waals surface area contributed by atoms with Crippen LogP contribution in [-0.4, -0.2) is 19.6 Å². The van der Waals surface area contributed by atoms with E-state index in [9.17, 15) is 0 Å². The van der Waals surface area contributed by atoms with Gasteiger partial charge in [0.05, 0.1) is 0 Å². The van der Waals surface area contributed by atoms with Crippen LogP contribution in [0.25, 0.3) is 10.8 Å². The van der Waals surface area contributed by atoms with Gasteiger partial charge in [-0.1, -0.05) is 56.3 Å². The van der Waals surface area contributed by atoms with E-state index < -0.39 is 0 Å². The zero-order chi connectivity index (χ0) is 18.1. The van der Waals surface area contributed by atoms with Gasteiger partial charge in [-0.05, 0) is 72.2 Å². The van der Waals surface area contributed by atoms with E-state index >= 15 is 0 Å². The van der Waals surface area contributed by atoms with E-state index in [4.69, 9.17) is 0 Å². The van der Waals surface area contributed by atoms with E-state index in [0.717, 1.165) is 30.8 Å². The fourth-order valence-electron chi connectivity index (χ4n) is 5.61. The van der Waals surface area contributed by atoms with Gasteiger partial charge in [0.2, 0.25) is 0 Å². The molecule has 26 heavy (non-hydrogen) atoms. The Balaban J connectivity index is 1.24. The van der Waals surface area contributed by atoms with Crippen LogP contribution in [0.5, 0.6) is 0 Å². The Bertz CT molecular complexity index is 743. The average molecular weight is 351 g/mol. The molecule has 0 spiro atoms. The second-order valence-corrected chi connectivity index (χ2v) is 9.15. The van der Waals surface area contributed by atoms with E-state index in [1.807, 2.05) is 0 Å². The molecule has 2 heteroatoms. The standard InChI is InChI=1S/C24H34N2/c1-17(21-10-6-8-18-7-4-5-9-22(18)21)26-14-13-25-16-19-11-12-20-15-23(19)24(20,2)3/h4-10,17,19-20,23,25-26H,11-16H2,1-3H3/t17?,19-,20-,23-/m0/s1. The topological polar surface area (TPSA) is 24.1 Å². The Hall–Kier alpha value is -1.38. The molecule has 140 valence electrons. The van der Waals surface area contributed by atoms with Crippen LogP contribution < -0.4 is 10.6 Å². The average Bonchev–Trinajstić information content (AvgIpc) is 2.67. The lowest BCUT2D eigenvalue weighted by Crippen LogP contribution is -2.54. The van der Waals surface area contributed by atoms with Crippen LogP contribution in [0.2, 0.25) is 0 Å². The fourth-order valence-corrected chi connectivity index (χ4v) is 5.61. The molecule has 1 unspecified atom stereocenters. The van der Waals surface area contributed by atoms with E-state index in [2.05, 4.69) is 73.9 Å². The van der Waals surface area contributed by atoms with Crippen molar-refractivity contribution in [3.05, 3.63) is 48.0 Å². The predicted molar refractivity (Wildman–Crippen MR) is 111 cm³/mol. The monoisotopic (exact) mass is 350 g/mol. The molecule has 3 fully saturated rings. The highest BCUT2D eigenvalue weighted by Crippen LogP contribution is 2.61. The van der Waals surface area contributed by atoms with E-state index in [1.54, 1.807) is 0 Å². The van der Waals surface area contributed by atoms with Gasteiger partial charge in [-0.15, -0.1) is 0 Å². The summed E-state index contributed by atoms with van der Waals surface area (Å²) in [6, 6.07) is 15.7. The Morgan fingerprint density at radius 2 is 1.85 bits per heavy atom. The minimum absolute atomic E-state index is 0.379. The second kappa shape index (κ2) is 7.32. The first-order chi connectivity index (χ1) is 12.6. The minimum atomic E-state index is 0.379. The number of hydrogen-bond donors (Lipinski definition) is 2. The molecule has 2 aromatic carbocycles. The third-order valence-corrected chi connectivity index (χ3v) is 7.45. The van der Waals surface area contributed by atoms with Gasteiger partial charge in [0.25, 0.3) is 0 Å². The fraction of sp³-hybridized carbons (Fsp3) is 0.583. The van der Waals surface area contributed by atoms with Crippen molar-refractivity contribution in [1.82, 2.24) is 10.6 Å². The summed E-state index contributed by atoms with van der Waals surface area (Å²) in [4.78, 5) is 0. The summed E-state index contributed by atoms with van der Waals surface area (Å²) >= 11 is 0. The van der Waals surface area contributed by atoms with Crippen LogP contribution in [0.15, 0.2) is 42.5 Å². The van der Waals surface area contributed by atoms with E-state index in [0.29, 0.717) is 11.5 Å². The molecular weight excluding hydrogens is 316 g/mol. The van der Waals surface area contributed by atoms with Crippen molar-refractivity contribution in [2.75, 3.05) is 19.6 Å². The van der Waals surface area contributed by atoms with E-state index in [1.165, 1.54) is 42.1 Å². The number of fused-ring (bicyclic) bond motifs is 3. The first kappa shape index (κ1) is 18.0. The maximum absolute atomic E-state index is 3.73. The number of hydrogen-bond acceptors (Lipinski definition) is 2. The predicted octanol–water partition coefficient (Wildman–Crippen LogP) is 5.15. The molecule has 3 aliphatic carbocycles. The van der Waals surface area contributed by atoms with Crippen LogP contribution in [0.4, 0.5) is 0 Å². The molecule has 0 amide bonds. The van der Waals surface area contributed by atoms with Crippen molar-refractivity contribution < 1.29 is 0 Å². The lowest BCUT2D eigenvalue weighted by atomic mass is 9.45. The summed E-state index contributed by atoms with van der Waals surface area (Å²) in [5.74, 6) is 2.86. The molecule has 0 aliphatic heterocycles. The van der Waals surface area contributed by atoms with Crippen molar-refractivity contribution in [3.63, 3.8) is 0 Å². The highest BCUT2D eigenvalue weighted by molar-refractivity contribution is 5.86. The Morgan fingerprint density at radius 3 is 2.65 bits per heavy atom. The summed E-state index contributed by atoms with van der Waals surface area (Å²) in [7, 11) is 0. The quantitative estimate of drug-likeness (QED) is 0.675. The molecule has 4 atom stereocenters. The van der Waals surface area contributed by atoms with E-state index in [-0.39, 0.29) is 0 Å². The molecule has 0 aromatic heterocycles. The van der Waals surface area contributed by atoms with Crippen molar-refractivity contribution in [3.8, 4) is 0 Å². The third-order valence-electron chi connectivity index (χ3n) is 7.45. The summed E-state index contributed by atoms with van der Waals surface area (Å²) < 4.78 is 0. The lowest BCUT2D eigenvalue weighted by molar-refractivity contribution is -0.103. The molecule has 2 aromatic rings. The van der Waals surface area contributed by atoms with Gasteiger partial charge in [-0.2, -0.15) is 0 Å².